The minimum atomic E-state index is -0.748. The molecule has 0 radical (unpaired) electrons. The number of ether oxygens (including phenoxy) is 3. The van der Waals surface area contributed by atoms with Crippen molar-refractivity contribution in [2.24, 2.45) is 0 Å². The SMILES string of the molecule is C=CCCO.C=CCCOc1cc(N(Cc2cccc(CC=C)c2)C(=O)OCC)c([N+](=O)[O-])c(N)n1.C=CCc1cccc(CN(C(=O)OCC)c2cc(Br)nc(N)c2[N+](=O)[O-])c1.[H-].[K+]. The topological polar surface area (TPSA) is 253 Å². The van der Waals surface area contributed by atoms with E-state index in [1.54, 1.807) is 38.2 Å². The van der Waals surface area contributed by atoms with Crippen molar-refractivity contribution in [1.29, 1.82) is 0 Å². The molecule has 2 aromatic carbocycles. The van der Waals surface area contributed by atoms with Crippen molar-refractivity contribution < 1.29 is 91.6 Å². The number of aromatic nitrogens is 2. The molecule has 20 heteroatoms. The molecule has 2 heterocycles. The predicted octanol–water partition coefficient (Wildman–Crippen LogP) is 6.32. The Balaban J connectivity index is 0.00000112. The monoisotopic (exact) mass is 972 g/mol. The first-order valence-corrected chi connectivity index (χ1v) is 20.3. The van der Waals surface area contributed by atoms with Gasteiger partial charge in [0.05, 0.1) is 42.8 Å². The van der Waals surface area contributed by atoms with E-state index in [-0.39, 0.29) is 126 Å². The van der Waals surface area contributed by atoms with Crippen molar-refractivity contribution in [3.8, 4) is 5.88 Å². The van der Waals surface area contributed by atoms with Crippen LogP contribution in [0.25, 0.3) is 0 Å². The fourth-order valence-corrected chi connectivity index (χ4v) is 5.95. The number of rotatable bonds is 20. The molecule has 0 spiro atoms. The van der Waals surface area contributed by atoms with Crippen LogP contribution in [-0.4, -0.2) is 63.5 Å². The Bertz CT molecular complexity index is 2240. The molecule has 64 heavy (non-hydrogen) atoms. The minimum Gasteiger partial charge on any atom is -1.00 e. The Labute approximate surface area is 425 Å². The van der Waals surface area contributed by atoms with Crippen molar-refractivity contribution in [2.75, 3.05) is 47.7 Å². The molecule has 4 aromatic rings. The smallest absolute Gasteiger partial charge is 1.00 e. The number of hydrogen-bond acceptors (Lipinski definition) is 14. The number of carbonyl (C=O) groups is 2. The second-order valence-corrected chi connectivity index (χ2v) is 13.7. The molecular weight excluding hydrogens is 920 g/mol. The summed E-state index contributed by atoms with van der Waals surface area (Å²) in [5.41, 5.74) is 14.1. The van der Waals surface area contributed by atoms with E-state index in [2.05, 4.69) is 52.2 Å². The summed E-state index contributed by atoms with van der Waals surface area (Å²) in [6, 6.07) is 17.7. The van der Waals surface area contributed by atoms with Crippen LogP contribution in [-0.2, 0) is 35.4 Å². The number of allylic oxidation sites excluding steroid dienone is 2. The molecule has 0 aliphatic carbocycles. The third-order valence-corrected chi connectivity index (χ3v) is 8.60. The van der Waals surface area contributed by atoms with Gasteiger partial charge < -0.3 is 32.2 Å². The number of pyridine rings is 2. The van der Waals surface area contributed by atoms with Crippen molar-refractivity contribution in [2.45, 2.75) is 52.6 Å². The number of nitrogen functional groups attached to an aromatic ring is 2. The number of benzene rings is 2. The van der Waals surface area contributed by atoms with Gasteiger partial charge in [0.15, 0.2) is 0 Å². The molecule has 2 aromatic heterocycles. The van der Waals surface area contributed by atoms with Crippen LogP contribution in [0.1, 0.15) is 50.4 Å². The van der Waals surface area contributed by atoms with Crippen molar-refractivity contribution in [1.82, 2.24) is 9.97 Å². The molecule has 0 unspecified atom stereocenters. The fourth-order valence-electron chi connectivity index (χ4n) is 5.54. The Kier molecular flexibility index (Phi) is 27.0. The van der Waals surface area contributed by atoms with Gasteiger partial charge in [-0.15, -0.1) is 26.3 Å². The van der Waals surface area contributed by atoms with Crippen LogP contribution < -0.4 is 77.4 Å². The van der Waals surface area contributed by atoms with E-state index >= 15 is 0 Å². The van der Waals surface area contributed by atoms with Crippen LogP contribution >= 0.6 is 15.9 Å². The summed E-state index contributed by atoms with van der Waals surface area (Å²) in [6.45, 7) is 18.6. The maximum Gasteiger partial charge on any atom is 1.00 e. The molecule has 0 saturated heterocycles. The molecule has 2 amide bonds. The predicted molar refractivity (Wildman–Crippen MR) is 249 cm³/mol. The molecule has 5 N–H and O–H groups in total. The summed E-state index contributed by atoms with van der Waals surface area (Å²) in [7, 11) is 0. The molecule has 0 atom stereocenters. The van der Waals surface area contributed by atoms with Crippen LogP contribution in [0.3, 0.4) is 0 Å². The zero-order chi connectivity index (χ0) is 46.9. The number of nitrogens with two attached hydrogens (primary N) is 2. The van der Waals surface area contributed by atoms with Gasteiger partial charge >= 0.3 is 74.9 Å². The second-order valence-electron chi connectivity index (χ2n) is 12.8. The number of hydrogen-bond donors (Lipinski definition) is 3. The molecule has 0 aliphatic heterocycles. The van der Waals surface area contributed by atoms with Crippen LogP contribution in [0.15, 0.2) is 116 Å². The van der Waals surface area contributed by atoms with E-state index in [1.807, 2.05) is 48.5 Å². The summed E-state index contributed by atoms with van der Waals surface area (Å²) in [6.07, 6.45) is 7.99. The Morgan fingerprint density at radius 1 is 0.750 bits per heavy atom. The van der Waals surface area contributed by atoms with Crippen LogP contribution in [0, 0.1) is 20.2 Å². The van der Waals surface area contributed by atoms with Crippen molar-refractivity contribution in [3.63, 3.8) is 0 Å². The average molecular weight is 974 g/mol. The van der Waals surface area contributed by atoms with E-state index in [0.29, 0.717) is 25.7 Å². The number of nitro groups is 2. The normalized spacial score (nSPS) is 9.88. The quantitative estimate of drug-likeness (QED) is 0.0219. The van der Waals surface area contributed by atoms with Gasteiger partial charge in [0, 0.05) is 18.7 Å². The number of aliphatic hydroxyl groups is 1. The largest absolute Gasteiger partial charge is 1.00 e. The van der Waals surface area contributed by atoms with Crippen LogP contribution in [0.2, 0.25) is 0 Å². The van der Waals surface area contributed by atoms with E-state index in [4.69, 9.17) is 30.8 Å². The summed E-state index contributed by atoms with van der Waals surface area (Å²) >= 11 is 3.17. The Morgan fingerprint density at radius 2 is 1.19 bits per heavy atom. The Hall–Kier alpha value is -5.48. The van der Waals surface area contributed by atoms with Crippen molar-refractivity contribution >= 4 is 62.5 Å². The van der Waals surface area contributed by atoms with Crippen molar-refractivity contribution in [3.05, 3.63) is 158 Å². The van der Waals surface area contributed by atoms with E-state index < -0.39 is 33.4 Å². The summed E-state index contributed by atoms with van der Waals surface area (Å²) in [5.74, 6) is -0.584. The zero-order valence-electron chi connectivity index (χ0n) is 37.3. The standard InChI is InChI=1S/C22H26N4O5.C18H19BrN4O4.C4H8O.K.H/c1-4-7-12-31-19-14-18(20(26(28)29)21(23)24-19)25(22(27)30-6-3)15-17-11-8-10-16(13-17)9-5-2;1-3-6-12-7-5-8-13(9-12)11-22(18(24)27-4-2)14-10-15(19)21-17(20)16(14)23(25)26;1-2-3-4-5;;/h4-5,8,10-11,13-14H,1-2,6-7,9,12,15H2,3H3,(H2,23,24);3,5,7-10H,1,4,6,11H2,2H3,(H2,20,21);2,5H,1,3-4H2;;/q;;;+1;-1. The van der Waals surface area contributed by atoms with E-state index in [0.717, 1.165) is 27.2 Å². The first kappa shape index (κ1) is 56.5. The molecule has 18 nitrogen and oxygen atoms in total. The van der Waals surface area contributed by atoms with Gasteiger partial charge in [-0.3, -0.25) is 30.0 Å². The number of halogens is 1. The number of nitrogens with zero attached hydrogens (tertiary/aromatic N) is 6. The van der Waals surface area contributed by atoms with Crippen LogP contribution in [0.4, 0.5) is 44.0 Å². The van der Waals surface area contributed by atoms with Gasteiger partial charge in [0.1, 0.15) is 16.0 Å². The molecule has 0 bridgehead atoms. The van der Waals surface area contributed by atoms with E-state index in [9.17, 15) is 29.8 Å². The van der Waals surface area contributed by atoms with Gasteiger partial charge in [-0.1, -0.05) is 72.8 Å². The maximum absolute atomic E-state index is 12.8. The van der Waals surface area contributed by atoms with Gasteiger partial charge in [0.25, 0.3) is 0 Å². The van der Waals surface area contributed by atoms with Gasteiger partial charge in [0.2, 0.25) is 17.5 Å². The molecule has 0 saturated carbocycles. The number of carbonyl (C=O) groups excluding carboxylic acids is 2. The maximum atomic E-state index is 12.8. The van der Waals surface area contributed by atoms with E-state index in [1.165, 1.54) is 17.0 Å². The summed E-state index contributed by atoms with van der Waals surface area (Å²) in [4.78, 5) is 57.4. The van der Waals surface area contributed by atoms with Gasteiger partial charge in [-0.25, -0.2) is 14.6 Å². The molecule has 338 valence electrons. The first-order chi connectivity index (χ1) is 30.2. The fraction of sp³-hybridized carbons (Fsp3) is 0.273. The molecule has 0 aliphatic rings. The molecule has 4 rings (SSSR count). The number of anilines is 4. The average Bonchev–Trinajstić information content (AvgIpc) is 3.22. The molecule has 0 fully saturated rings. The Morgan fingerprint density at radius 3 is 1.58 bits per heavy atom. The third-order valence-electron chi connectivity index (χ3n) is 8.20. The summed E-state index contributed by atoms with van der Waals surface area (Å²) in [5, 5.41) is 31.2. The van der Waals surface area contributed by atoms with Gasteiger partial charge in [-0.2, -0.15) is 4.98 Å². The number of amides is 2. The third kappa shape index (κ3) is 18.3. The van der Waals surface area contributed by atoms with Gasteiger partial charge in [-0.05, 0) is 77.7 Å². The first-order valence-electron chi connectivity index (χ1n) is 19.5. The second kappa shape index (κ2) is 30.6. The molecular formula is C44H54BrKN8O10. The zero-order valence-corrected chi connectivity index (χ0v) is 41.0. The number of aliphatic hydroxyl groups excluding tert-OH is 1. The van der Waals surface area contributed by atoms with Crippen LogP contribution in [0.5, 0.6) is 5.88 Å². The summed E-state index contributed by atoms with van der Waals surface area (Å²) < 4.78 is 16.0. The minimum absolute atomic E-state index is 0.